The Kier molecular flexibility index (Phi) is 5.20. The van der Waals surface area contributed by atoms with Crippen LogP contribution in [0.5, 0.6) is 0 Å². The molecule has 2 aliphatic rings. The quantitative estimate of drug-likeness (QED) is 0.850. The van der Waals surface area contributed by atoms with E-state index in [0.717, 1.165) is 49.2 Å². The topological polar surface area (TPSA) is 35.6 Å². The number of nitrogens with zero attached hydrogens (tertiary/aromatic N) is 2. The summed E-state index contributed by atoms with van der Waals surface area (Å²) in [4.78, 5) is 16.3. The number of anilines is 2. The summed E-state index contributed by atoms with van der Waals surface area (Å²) in [5.74, 6) is 0.553. The Bertz CT molecular complexity index is 798. The van der Waals surface area contributed by atoms with Gasteiger partial charge in [0.2, 0.25) is 5.91 Å². The minimum atomic E-state index is -0.0114. The second-order valence-corrected chi connectivity index (χ2v) is 8.72. The van der Waals surface area contributed by atoms with Crippen molar-refractivity contribution in [1.29, 1.82) is 0 Å². The predicted molar refractivity (Wildman–Crippen MR) is 110 cm³/mol. The van der Waals surface area contributed by atoms with Crippen LogP contribution in [0.2, 0.25) is 4.34 Å². The molecule has 1 saturated heterocycles. The van der Waals surface area contributed by atoms with Crippen LogP contribution in [-0.4, -0.2) is 43.5 Å². The molecule has 0 bridgehead atoms. The molecule has 0 saturated carbocycles. The van der Waals surface area contributed by atoms with Crippen LogP contribution in [0.25, 0.3) is 0 Å². The van der Waals surface area contributed by atoms with E-state index < -0.39 is 0 Å². The average molecular weight is 390 g/mol. The number of amides is 1. The molecule has 4 nitrogen and oxygen atoms in total. The minimum absolute atomic E-state index is 0.0114. The number of hydrogen-bond acceptors (Lipinski definition) is 4. The van der Waals surface area contributed by atoms with Crippen molar-refractivity contribution < 1.29 is 4.79 Å². The van der Waals surface area contributed by atoms with Gasteiger partial charge in [0.25, 0.3) is 0 Å². The van der Waals surface area contributed by atoms with E-state index in [-0.39, 0.29) is 5.91 Å². The highest BCUT2D eigenvalue weighted by Crippen LogP contribution is 2.36. The molecule has 1 aliphatic carbocycles. The van der Waals surface area contributed by atoms with E-state index in [0.29, 0.717) is 5.92 Å². The Morgan fingerprint density at radius 3 is 2.77 bits per heavy atom. The number of benzene rings is 1. The van der Waals surface area contributed by atoms with Crippen molar-refractivity contribution >= 4 is 40.2 Å². The summed E-state index contributed by atoms with van der Waals surface area (Å²) in [5, 5.41) is 4.98. The van der Waals surface area contributed by atoms with Gasteiger partial charge in [-0.1, -0.05) is 17.7 Å². The van der Waals surface area contributed by atoms with Gasteiger partial charge in [0.1, 0.15) is 4.34 Å². The number of thiophene rings is 1. The molecule has 1 atom stereocenters. The Morgan fingerprint density at radius 2 is 2.08 bits per heavy atom. The smallest absolute Gasteiger partial charge is 0.221 e. The summed E-state index contributed by atoms with van der Waals surface area (Å²) >= 11 is 7.89. The van der Waals surface area contributed by atoms with Gasteiger partial charge in [-0.3, -0.25) is 9.69 Å². The first-order valence-electron chi connectivity index (χ1n) is 9.21. The number of nitrogens with one attached hydrogen (secondary N) is 1. The van der Waals surface area contributed by atoms with E-state index in [2.05, 4.69) is 38.7 Å². The zero-order chi connectivity index (χ0) is 18.1. The molecule has 2 heterocycles. The first-order valence-corrected chi connectivity index (χ1v) is 10.5. The Hall–Kier alpha value is -1.56. The van der Waals surface area contributed by atoms with Crippen molar-refractivity contribution in [3.05, 3.63) is 45.1 Å². The summed E-state index contributed by atoms with van der Waals surface area (Å²) in [6.07, 6.45) is 2.35. The van der Waals surface area contributed by atoms with E-state index in [9.17, 15) is 4.79 Å². The van der Waals surface area contributed by atoms with E-state index in [1.54, 1.807) is 18.3 Å². The lowest BCUT2D eigenvalue weighted by atomic mass is 9.99. The van der Waals surface area contributed by atoms with Gasteiger partial charge >= 0.3 is 0 Å². The lowest BCUT2D eigenvalue weighted by Gasteiger charge is -2.37. The number of halogens is 1. The average Bonchev–Trinajstić information content (AvgIpc) is 3.22. The van der Waals surface area contributed by atoms with Crippen LogP contribution in [0.4, 0.5) is 11.4 Å². The van der Waals surface area contributed by atoms with Gasteiger partial charge in [-0.25, -0.2) is 0 Å². The van der Waals surface area contributed by atoms with E-state index in [1.165, 1.54) is 23.2 Å². The van der Waals surface area contributed by atoms with E-state index >= 15 is 0 Å². The third kappa shape index (κ3) is 3.75. The Morgan fingerprint density at radius 1 is 1.27 bits per heavy atom. The van der Waals surface area contributed by atoms with E-state index in [4.69, 9.17) is 11.6 Å². The molecule has 1 amide bonds. The fraction of sp³-hybridized carbons (Fsp3) is 0.450. The minimum Gasteiger partial charge on any atom is -0.367 e. The number of rotatable bonds is 4. The molecule has 1 unspecified atom stereocenters. The van der Waals surface area contributed by atoms with Crippen molar-refractivity contribution in [3.8, 4) is 0 Å². The Balaban J connectivity index is 1.38. The van der Waals surface area contributed by atoms with Gasteiger partial charge in [-0.15, -0.1) is 11.3 Å². The van der Waals surface area contributed by atoms with Crippen LogP contribution in [-0.2, 0) is 11.2 Å². The predicted octanol–water partition coefficient (Wildman–Crippen LogP) is 4.21. The van der Waals surface area contributed by atoms with Crippen molar-refractivity contribution in [2.75, 3.05) is 42.9 Å². The molecule has 4 rings (SSSR count). The van der Waals surface area contributed by atoms with Crippen molar-refractivity contribution in [3.63, 3.8) is 0 Å². The third-order valence-corrected chi connectivity index (χ3v) is 6.61. The maximum Gasteiger partial charge on any atom is 0.221 e. The maximum absolute atomic E-state index is 11.3. The van der Waals surface area contributed by atoms with Crippen molar-refractivity contribution in [1.82, 2.24) is 4.90 Å². The van der Waals surface area contributed by atoms with Gasteiger partial charge in [0.05, 0.1) is 5.69 Å². The monoisotopic (exact) mass is 389 g/mol. The zero-order valence-electron chi connectivity index (χ0n) is 15.0. The molecule has 26 heavy (non-hydrogen) atoms. The van der Waals surface area contributed by atoms with Crippen molar-refractivity contribution in [2.24, 2.45) is 0 Å². The van der Waals surface area contributed by atoms with Crippen LogP contribution in [0.1, 0.15) is 30.4 Å². The number of piperazine rings is 1. The Labute approximate surface area is 163 Å². The van der Waals surface area contributed by atoms with Crippen LogP contribution in [0, 0.1) is 0 Å². The molecule has 1 N–H and O–H groups in total. The normalized spacial score (nSPS) is 20.2. The highest BCUT2D eigenvalue weighted by Gasteiger charge is 2.27. The lowest BCUT2D eigenvalue weighted by molar-refractivity contribution is -0.114. The molecular formula is C20H24ClN3OS. The van der Waals surface area contributed by atoms with Crippen LogP contribution >= 0.6 is 22.9 Å². The number of fused-ring (bicyclic) bond motifs is 1. The van der Waals surface area contributed by atoms with Gasteiger partial charge in [0, 0.05) is 45.3 Å². The van der Waals surface area contributed by atoms with Crippen molar-refractivity contribution in [2.45, 2.75) is 25.7 Å². The van der Waals surface area contributed by atoms with Gasteiger partial charge in [0.15, 0.2) is 0 Å². The third-order valence-electron chi connectivity index (χ3n) is 5.46. The summed E-state index contributed by atoms with van der Waals surface area (Å²) < 4.78 is 0.897. The number of aryl methyl sites for hydroxylation is 1. The standard InChI is InChI=1S/C20H24ClN3OS/c1-14(25)22-17-5-4-15-2-3-16(18(15)12-17)13-23-7-9-24(10-8-23)19-6-11-26-20(19)21/h4-6,11-12,16H,2-3,7-10,13H2,1H3,(H,22,25). The molecule has 2 aromatic rings. The lowest BCUT2D eigenvalue weighted by Crippen LogP contribution is -2.47. The SMILES string of the molecule is CC(=O)Nc1ccc2c(c1)C(CN1CCN(c3ccsc3Cl)CC1)CC2. The second kappa shape index (κ2) is 7.59. The van der Waals surface area contributed by atoms with Gasteiger partial charge in [-0.05, 0) is 53.5 Å². The summed E-state index contributed by atoms with van der Waals surface area (Å²) in [7, 11) is 0. The highest BCUT2D eigenvalue weighted by atomic mass is 35.5. The molecule has 1 fully saturated rings. The molecule has 1 aliphatic heterocycles. The molecular weight excluding hydrogens is 366 g/mol. The van der Waals surface area contributed by atoms with Crippen LogP contribution < -0.4 is 10.2 Å². The maximum atomic E-state index is 11.3. The number of carbonyl (C=O) groups excluding carboxylic acids is 1. The molecule has 0 radical (unpaired) electrons. The molecule has 0 spiro atoms. The first-order chi connectivity index (χ1) is 12.6. The molecule has 6 heteroatoms. The fourth-order valence-electron chi connectivity index (χ4n) is 4.16. The molecule has 1 aromatic carbocycles. The summed E-state index contributed by atoms with van der Waals surface area (Å²) in [6.45, 7) is 6.86. The fourth-order valence-corrected chi connectivity index (χ4v) is 5.13. The zero-order valence-corrected chi connectivity index (χ0v) is 16.6. The van der Waals surface area contributed by atoms with Gasteiger partial charge in [-0.2, -0.15) is 0 Å². The highest BCUT2D eigenvalue weighted by molar-refractivity contribution is 7.15. The largest absolute Gasteiger partial charge is 0.367 e. The number of carbonyl (C=O) groups is 1. The van der Waals surface area contributed by atoms with E-state index in [1.807, 2.05) is 6.07 Å². The second-order valence-electron chi connectivity index (χ2n) is 7.20. The summed E-state index contributed by atoms with van der Waals surface area (Å²) in [6, 6.07) is 8.50. The van der Waals surface area contributed by atoms with Crippen LogP contribution in [0.3, 0.4) is 0 Å². The summed E-state index contributed by atoms with van der Waals surface area (Å²) in [5.41, 5.74) is 4.95. The van der Waals surface area contributed by atoms with Crippen LogP contribution in [0.15, 0.2) is 29.6 Å². The van der Waals surface area contributed by atoms with Gasteiger partial charge < -0.3 is 10.2 Å². The first kappa shape index (κ1) is 17.8. The molecule has 1 aromatic heterocycles. The number of hydrogen-bond donors (Lipinski definition) is 1. The molecule has 138 valence electrons.